The van der Waals surface area contributed by atoms with Crippen LogP contribution in [-0.4, -0.2) is 74.2 Å². The maximum absolute atomic E-state index is 11.4. The van der Waals surface area contributed by atoms with E-state index in [2.05, 4.69) is 19.8 Å². The topological polar surface area (TPSA) is 122 Å². The second-order valence-electron chi connectivity index (χ2n) is 5.24. The Labute approximate surface area is 126 Å². The quantitative estimate of drug-likeness (QED) is 0.649. The number of hydrogen-bond donors (Lipinski definition) is 1. The molecular formula is C11H16N4O6S. The molecule has 3 heterocycles. The highest BCUT2D eigenvalue weighted by Crippen LogP contribution is 2.34. The normalized spacial score (nSPS) is 31.2. The number of carbonyl (C=O) groups is 1. The maximum Gasteiger partial charge on any atom is 0.360 e. The van der Waals surface area contributed by atoms with Gasteiger partial charge in [-0.3, -0.25) is 0 Å². The molecule has 0 bridgehead atoms. The number of methoxy groups -OCH3 is 1. The molecule has 1 aromatic rings. The van der Waals surface area contributed by atoms with E-state index in [4.69, 9.17) is 9.47 Å². The molecule has 0 aliphatic carbocycles. The standard InChI is InChI=1S/C11H16N4O6S/c1-19-11(16)6-3-15(14-12-6)8-5-21-9-7(4-20-10(8)9)13-22(2,17)18/h3,7-10,13H,4-5H2,1-2H3. The fourth-order valence-corrected chi connectivity index (χ4v) is 3.47. The van der Waals surface area contributed by atoms with Crippen molar-refractivity contribution in [2.24, 2.45) is 0 Å². The number of fused-ring (bicyclic) bond motifs is 1. The highest BCUT2D eigenvalue weighted by molar-refractivity contribution is 7.88. The summed E-state index contributed by atoms with van der Waals surface area (Å²) in [6.45, 7) is 0.513. The Balaban J connectivity index is 1.73. The molecule has 0 spiro atoms. The largest absolute Gasteiger partial charge is 0.464 e. The molecule has 2 aliphatic heterocycles. The van der Waals surface area contributed by atoms with Gasteiger partial charge in [-0.1, -0.05) is 5.21 Å². The van der Waals surface area contributed by atoms with Gasteiger partial charge in [0.2, 0.25) is 10.0 Å². The Bertz CT molecular complexity index is 674. The van der Waals surface area contributed by atoms with Crippen LogP contribution in [0.1, 0.15) is 16.5 Å². The smallest absolute Gasteiger partial charge is 0.360 e. The minimum atomic E-state index is -3.34. The Morgan fingerprint density at radius 3 is 2.82 bits per heavy atom. The van der Waals surface area contributed by atoms with Crippen LogP contribution in [0.15, 0.2) is 6.20 Å². The molecule has 2 aliphatic rings. The van der Waals surface area contributed by atoms with E-state index in [-0.39, 0.29) is 24.4 Å². The van der Waals surface area contributed by atoms with Crippen LogP contribution in [0.4, 0.5) is 0 Å². The lowest BCUT2D eigenvalue weighted by Crippen LogP contribution is -2.43. The van der Waals surface area contributed by atoms with Gasteiger partial charge >= 0.3 is 5.97 Å². The number of hydrogen-bond acceptors (Lipinski definition) is 8. The number of sulfonamides is 1. The van der Waals surface area contributed by atoms with Gasteiger partial charge in [-0.15, -0.1) is 5.10 Å². The van der Waals surface area contributed by atoms with Crippen molar-refractivity contribution in [2.75, 3.05) is 26.6 Å². The van der Waals surface area contributed by atoms with Crippen molar-refractivity contribution in [3.05, 3.63) is 11.9 Å². The van der Waals surface area contributed by atoms with Crippen molar-refractivity contribution in [3.63, 3.8) is 0 Å². The lowest BCUT2D eigenvalue weighted by molar-refractivity contribution is 0.0592. The van der Waals surface area contributed by atoms with Gasteiger partial charge in [-0.25, -0.2) is 22.6 Å². The van der Waals surface area contributed by atoms with Crippen molar-refractivity contribution < 1.29 is 27.4 Å². The van der Waals surface area contributed by atoms with Gasteiger partial charge in [-0.2, -0.15) is 0 Å². The molecule has 3 rings (SSSR count). The predicted octanol–water partition coefficient (Wildman–Crippen LogP) is -1.68. The summed E-state index contributed by atoms with van der Waals surface area (Å²) < 4.78 is 42.5. The first-order valence-electron chi connectivity index (χ1n) is 6.59. The molecule has 2 fully saturated rings. The summed E-state index contributed by atoms with van der Waals surface area (Å²) in [6, 6.07) is -0.712. The second-order valence-corrected chi connectivity index (χ2v) is 7.02. The molecule has 4 atom stereocenters. The number of nitrogens with one attached hydrogen (secondary N) is 1. The van der Waals surface area contributed by atoms with Crippen LogP contribution in [0.25, 0.3) is 0 Å². The number of carbonyl (C=O) groups excluding carboxylic acids is 1. The highest BCUT2D eigenvalue weighted by Gasteiger charge is 2.49. The summed E-state index contributed by atoms with van der Waals surface area (Å²) in [5.41, 5.74) is 0.0924. The monoisotopic (exact) mass is 332 g/mol. The fourth-order valence-electron chi connectivity index (χ4n) is 2.72. The lowest BCUT2D eigenvalue weighted by atomic mass is 10.1. The van der Waals surface area contributed by atoms with E-state index in [1.165, 1.54) is 18.0 Å². The molecule has 0 amide bonds. The van der Waals surface area contributed by atoms with Crippen LogP contribution in [0.5, 0.6) is 0 Å². The minimum Gasteiger partial charge on any atom is -0.464 e. The lowest BCUT2D eigenvalue weighted by Gasteiger charge is -2.16. The fraction of sp³-hybridized carbons (Fsp3) is 0.727. The summed E-state index contributed by atoms with van der Waals surface area (Å²) in [7, 11) is -2.08. The molecule has 122 valence electrons. The zero-order valence-electron chi connectivity index (χ0n) is 12.0. The highest BCUT2D eigenvalue weighted by atomic mass is 32.2. The first-order chi connectivity index (χ1) is 10.4. The molecule has 22 heavy (non-hydrogen) atoms. The minimum absolute atomic E-state index is 0.0924. The van der Waals surface area contributed by atoms with Gasteiger partial charge in [0.1, 0.15) is 18.2 Å². The molecule has 1 aromatic heterocycles. The van der Waals surface area contributed by atoms with E-state index in [0.717, 1.165) is 6.26 Å². The van der Waals surface area contributed by atoms with Crippen LogP contribution < -0.4 is 4.72 Å². The van der Waals surface area contributed by atoms with Gasteiger partial charge in [0.15, 0.2) is 5.69 Å². The van der Waals surface area contributed by atoms with E-state index >= 15 is 0 Å². The van der Waals surface area contributed by atoms with Gasteiger partial charge in [0, 0.05) is 0 Å². The van der Waals surface area contributed by atoms with Crippen LogP contribution >= 0.6 is 0 Å². The Morgan fingerprint density at radius 2 is 2.14 bits per heavy atom. The van der Waals surface area contributed by atoms with Crippen LogP contribution in [-0.2, 0) is 24.2 Å². The molecular weight excluding hydrogens is 316 g/mol. The van der Waals surface area contributed by atoms with Gasteiger partial charge in [0.05, 0.1) is 38.8 Å². The van der Waals surface area contributed by atoms with Crippen molar-refractivity contribution in [2.45, 2.75) is 24.3 Å². The van der Waals surface area contributed by atoms with E-state index in [9.17, 15) is 13.2 Å². The number of rotatable bonds is 4. The third kappa shape index (κ3) is 2.84. The van der Waals surface area contributed by atoms with E-state index in [0.29, 0.717) is 6.61 Å². The zero-order chi connectivity index (χ0) is 15.9. The van der Waals surface area contributed by atoms with Gasteiger partial charge in [0.25, 0.3) is 0 Å². The van der Waals surface area contributed by atoms with Crippen molar-refractivity contribution >= 4 is 16.0 Å². The third-order valence-electron chi connectivity index (χ3n) is 3.64. The number of ether oxygens (including phenoxy) is 3. The molecule has 4 unspecified atom stereocenters. The summed E-state index contributed by atoms with van der Waals surface area (Å²) in [6.07, 6.45) is 1.80. The molecule has 0 aromatic carbocycles. The predicted molar refractivity (Wildman–Crippen MR) is 71.6 cm³/mol. The summed E-state index contributed by atoms with van der Waals surface area (Å²) in [4.78, 5) is 11.4. The molecule has 1 N–H and O–H groups in total. The summed E-state index contributed by atoms with van der Waals surface area (Å²) in [5, 5.41) is 7.63. The Kier molecular flexibility index (Phi) is 3.89. The van der Waals surface area contributed by atoms with E-state index < -0.39 is 28.1 Å². The first kappa shape index (κ1) is 15.3. The Morgan fingerprint density at radius 1 is 1.41 bits per heavy atom. The number of aromatic nitrogens is 3. The molecule has 2 saturated heterocycles. The van der Waals surface area contributed by atoms with Crippen molar-refractivity contribution in [3.8, 4) is 0 Å². The average Bonchev–Trinajstić information content (AvgIpc) is 3.13. The van der Waals surface area contributed by atoms with Crippen molar-refractivity contribution in [1.29, 1.82) is 0 Å². The SMILES string of the molecule is COC(=O)c1cn(C2COC3C(NS(C)(=O)=O)COC32)nn1. The van der Waals surface area contributed by atoms with Crippen LogP contribution in [0, 0.1) is 0 Å². The molecule has 11 heteroatoms. The van der Waals surface area contributed by atoms with Crippen LogP contribution in [0.2, 0.25) is 0 Å². The Hall–Kier alpha value is -1.56. The molecule has 10 nitrogen and oxygen atoms in total. The average molecular weight is 332 g/mol. The maximum atomic E-state index is 11.4. The van der Waals surface area contributed by atoms with Crippen LogP contribution in [0.3, 0.4) is 0 Å². The van der Waals surface area contributed by atoms with Gasteiger partial charge in [-0.05, 0) is 0 Å². The zero-order valence-corrected chi connectivity index (χ0v) is 12.8. The molecule has 0 radical (unpaired) electrons. The van der Waals surface area contributed by atoms with Crippen molar-refractivity contribution in [1.82, 2.24) is 19.7 Å². The first-order valence-corrected chi connectivity index (χ1v) is 8.49. The van der Waals surface area contributed by atoms with E-state index in [1.807, 2.05) is 0 Å². The number of nitrogens with zero attached hydrogens (tertiary/aromatic N) is 3. The summed E-state index contributed by atoms with van der Waals surface area (Å²) >= 11 is 0. The number of esters is 1. The second kappa shape index (κ2) is 5.57. The third-order valence-corrected chi connectivity index (χ3v) is 4.37. The van der Waals surface area contributed by atoms with E-state index in [1.54, 1.807) is 0 Å². The van der Waals surface area contributed by atoms with Gasteiger partial charge < -0.3 is 14.2 Å². The molecule has 0 saturated carbocycles. The summed E-state index contributed by atoms with van der Waals surface area (Å²) in [5.74, 6) is -0.578.